The fourth-order valence-electron chi connectivity index (χ4n) is 4.45. The number of halogens is 1. The van der Waals surface area contributed by atoms with E-state index in [1.54, 1.807) is 21.4 Å². The molecular weight excluding hydrogens is 387 g/mol. The van der Waals surface area contributed by atoms with Gasteiger partial charge in [0.1, 0.15) is 11.9 Å². The molecule has 0 N–H and O–H groups in total. The number of carbonyl (C=O) groups excluding carboxylic acids is 1. The summed E-state index contributed by atoms with van der Waals surface area (Å²) in [5.74, 6) is -0.366. The van der Waals surface area contributed by atoms with Crippen LogP contribution >= 0.6 is 0 Å². The van der Waals surface area contributed by atoms with Gasteiger partial charge in [0, 0.05) is 30.9 Å². The summed E-state index contributed by atoms with van der Waals surface area (Å²) >= 11 is 0. The van der Waals surface area contributed by atoms with Gasteiger partial charge in [-0.3, -0.25) is 4.79 Å². The van der Waals surface area contributed by atoms with Crippen molar-refractivity contribution >= 4 is 17.2 Å². The topological polar surface area (TPSA) is 68.8 Å². The number of rotatable bonds is 3. The highest BCUT2D eigenvalue weighted by molar-refractivity contribution is 5.95. The lowest BCUT2D eigenvalue weighted by molar-refractivity contribution is -0.116. The van der Waals surface area contributed by atoms with Crippen LogP contribution in [0.4, 0.5) is 10.1 Å². The molecule has 4 heterocycles. The van der Waals surface area contributed by atoms with Crippen molar-refractivity contribution in [3.8, 4) is 0 Å². The van der Waals surface area contributed by atoms with E-state index in [0.717, 1.165) is 22.5 Å². The minimum atomic E-state index is -0.401. The van der Waals surface area contributed by atoms with E-state index in [9.17, 15) is 14.0 Å². The second-order valence-corrected chi connectivity index (χ2v) is 8.77. The summed E-state index contributed by atoms with van der Waals surface area (Å²) in [6.07, 6.45) is 0.473. The maximum Gasteiger partial charge on any atom is 0.351 e. The lowest BCUT2D eigenvalue weighted by Gasteiger charge is -2.24. The number of hydrogen-bond acceptors (Lipinski definition) is 4. The molecule has 0 bridgehead atoms. The molecule has 3 aromatic rings. The highest BCUT2D eigenvalue weighted by Gasteiger charge is 2.41. The van der Waals surface area contributed by atoms with E-state index in [4.69, 9.17) is 4.74 Å². The van der Waals surface area contributed by atoms with E-state index >= 15 is 0 Å². The van der Waals surface area contributed by atoms with Crippen LogP contribution in [0.15, 0.2) is 35.1 Å². The first kappa shape index (κ1) is 19.0. The molecule has 0 radical (unpaired) electrons. The molecule has 2 aromatic heterocycles. The Kier molecular flexibility index (Phi) is 4.12. The number of carbonyl (C=O) groups is 1. The Balaban J connectivity index is 1.77. The van der Waals surface area contributed by atoms with Gasteiger partial charge in [0.05, 0.1) is 24.6 Å². The zero-order valence-electron chi connectivity index (χ0n) is 17.2. The molecule has 8 heteroatoms. The largest absolute Gasteiger partial charge is 0.377 e. The second kappa shape index (κ2) is 6.50. The monoisotopic (exact) mass is 410 g/mol. The van der Waals surface area contributed by atoms with Gasteiger partial charge in [-0.1, -0.05) is 26.0 Å². The third kappa shape index (κ3) is 2.78. The number of amides is 1. The Morgan fingerprint density at radius 1 is 1.27 bits per heavy atom. The molecular formula is C22H23FN4O3. The number of nitrogens with zero attached hydrogens (tertiary/aromatic N) is 4. The van der Waals surface area contributed by atoms with Crippen molar-refractivity contribution in [1.29, 1.82) is 0 Å². The van der Waals surface area contributed by atoms with Gasteiger partial charge < -0.3 is 9.64 Å². The predicted molar refractivity (Wildman–Crippen MR) is 110 cm³/mol. The third-order valence-corrected chi connectivity index (χ3v) is 6.01. The van der Waals surface area contributed by atoms with Crippen LogP contribution in [0.5, 0.6) is 0 Å². The summed E-state index contributed by atoms with van der Waals surface area (Å²) in [7, 11) is 0. The molecule has 5 rings (SSSR count). The Hall–Kier alpha value is -3.00. The molecule has 0 spiro atoms. The molecule has 2 aliphatic rings. The minimum absolute atomic E-state index is 0.0678. The van der Waals surface area contributed by atoms with Gasteiger partial charge >= 0.3 is 5.69 Å². The Morgan fingerprint density at radius 2 is 1.97 bits per heavy atom. The normalized spacial score (nSPS) is 17.9. The van der Waals surface area contributed by atoms with Gasteiger partial charge in [0.2, 0.25) is 5.91 Å². The molecule has 2 aliphatic heterocycles. The highest BCUT2D eigenvalue weighted by atomic mass is 19.1. The summed E-state index contributed by atoms with van der Waals surface area (Å²) in [6, 6.07) is 8.16. The second-order valence-electron chi connectivity index (χ2n) is 8.77. The molecule has 1 amide bonds. The quantitative estimate of drug-likeness (QED) is 0.665. The van der Waals surface area contributed by atoms with Crippen LogP contribution in [-0.4, -0.2) is 39.8 Å². The van der Waals surface area contributed by atoms with Gasteiger partial charge in [-0.25, -0.2) is 18.3 Å². The van der Waals surface area contributed by atoms with Crippen molar-refractivity contribution in [1.82, 2.24) is 14.2 Å². The molecule has 1 saturated heterocycles. The zero-order chi connectivity index (χ0) is 21.2. The van der Waals surface area contributed by atoms with Crippen LogP contribution in [0.1, 0.15) is 43.6 Å². The molecule has 0 unspecified atom stereocenters. The van der Waals surface area contributed by atoms with E-state index in [1.165, 1.54) is 23.7 Å². The standard InChI is InChI=1S/C22H23FN4O3/c1-13(28)25-12-22(2,3)19-18(25)9-15(8-14-4-6-16(23)7-5-14)20-24-27(17-10-30-11-17)21(29)26(19)20/h4-7,9,17H,8,10-12H2,1-3H3. The highest BCUT2D eigenvalue weighted by Crippen LogP contribution is 2.41. The van der Waals surface area contributed by atoms with Crippen LogP contribution in [0.25, 0.3) is 5.65 Å². The number of pyridine rings is 1. The first-order valence-corrected chi connectivity index (χ1v) is 10.0. The number of anilines is 1. The summed E-state index contributed by atoms with van der Waals surface area (Å²) < 4.78 is 21.8. The number of aromatic nitrogens is 3. The lowest BCUT2D eigenvalue weighted by atomic mass is 9.90. The number of ether oxygens (including phenoxy) is 1. The third-order valence-electron chi connectivity index (χ3n) is 6.01. The van der Waals surface area contributed by atoms with Gasteiger partial charge in [-0.05, 0) is 23.8 Å². The Labute approximate surface area is 172 Å². The molecule has 0 atom stereocenters. The number of benzene rings is 1. The fraction of sp³-hybridized carbons (Fsp3) is 0.409. The molecule has 7 nitrogen and oxygen atoms in total. The first-order chi connectivity index (χ1) is 14.3. The summed E-state index contributed by atoms with van der Waals surface area (Å²) in [5.41, 5.74) is 3.22. The van der Waals surface area contributed by atoms with E-state index in [2.05, 4.69) is 5.10 Å². The van der Waals surface area contributed by atoms with Gasteiger partial charge in [0.15, 0.2) is 5.65 Å². The lowest BCUT2D eigenvalue weighted by Crippen LogP contribution is -2.38. The Bertz CT molecular complexity index is 1220. The van der Waals surface area contributed by atoms with Crippen LogP contribution in [0.3, 0.4) is 0 Å². The maximum absolute atomic E-state index is 13.4. The number of fused-ring (bicyclic) bond motifs is 3. The van der Waals surface area contributed by atoms with E-state index in [-0.39, 0.29) is 23.5 Å². The van der Waals surface area contributed by atoms with E-state index < -0.39 is 5.41 Å². The maximum atomic E-state index is 13.4. The Morgan fingerprint density at radius 3 is 2.57 bits per heavy atom. The smallest absolute Gasteiger partial charge is 0.351 e. The van der Waals surface area contributed by atoms with Crippen LogP contribution in [0, 0.1) is 5.82 Å². The summed E-state index contributed by atoms with van der Waals surface area (Å²) in [6.45, 7) is 7.02. The van der Waals surface area contributed by atoms with Crippen molar-refractivity contribution < 1.29 is 13.9 Å². The van der Waals surface area contributed by atoms with Crippen molar-refractivity contribution in [2.75, 3.05) is 24.7 Å². The van der Waals surface area contributed by atoms with Gasteiger partial charge in [-0.2, -0.15) is 0 Å². The average molecular weight is 410 g/mol. The average Bonchev–Trinajstić information content (AvgIpc) is 3.11. The molecule has 30 heavy (non-hydrogen) atoms. The molecule has 0 aliphatic carbocycles. The molecule has 1 fully saturated rings. The molecule has 0 saturated carbocycles. The van der Waals surface area contributed by atoms with Gasteiger partial charge in [-0.15, -0.1) is 5.10 Å². The van der Waals surface area contributed by atoms with Crippen molar-refractivity contribution in [3.05, 3.63) is 63.5 Å². The van der Waals surface area contributed by atoms with Crippen molar-refractivity contribution in [2.24, 2.45) is 0 Å². The first-order valence-electron chi connectivity index (χ1n) is 10.0. The summed E-state index contributed by atoms with van der Waals surface area (Å²) in [4.78, 5) is 27.5. The van der Waals surface area contributed by atoms with E-state index in [1.807, 2.05) is 19.9 Å². The number of hydrogen-bond donors (Lipinski definition) is 0. The van der Waals surface area contributed by atoms with Crippen LogP contribution < -0.4 is 10.6 Å². The van der Waals surface area contributed by atoms with Crippen molar-refractivity contribution in [3.63, 3.8) is 0 Å². The van der Waals surface area contributed by atoms with Crippen molar-refractivity contribution in [2.45, 2.75) is 38.6 Å². The molecule has 156 valence electrons. The SMILES string of the molecule is CC(=O)N1CC(C)(C)c2c1cc(Cc1ccc(F)cc1)c1nn(C3COC3)c(=O)n21. The van der Waals surface area contributed by atoms with Crippen LogP contribution in [0.2, 0.25) is 0 Å². The minimum Gasteiger partial charge on any atom is -0.377 e. The van der Waals surface area contributed by atoms with E-state index in [0.29, 0.717) is 31.8 Å². The fourth-order valence-corrected chi connectivity index (χ4v) is 4.45. The zero-order valence-corrected chi connectivity index (χ0v) is 17.2. The molecule has 1 aromatic carbocycles. The predicted octanol–water partition coefficient (Wildman–Crippen LogP) is 2.44. The van der Waals surface area contributed by atoms with Crippen LogP contribution in [-0.2, 0) is 21.4 Å². The summed E-state index contributed by atoms with van der Waals surface area (Å²) in [5, 5.41) is 4.67. The van der Waals surface area contributed by atoms with Gasteiger partial charge in [0.25, 0.3) is 0 Å².